The average molecular weight is 287 g/mol. The van der Waals surface area contributed by atoms with Gasteiger partial charge in [-0.25, -0.2) is 0 Å². The van der Waals surface area contributed by atoms with Crippen LogP contribution >= 0.6 is 0 Å². The molecule has 0 aromatic heterocycles. The topological polar surface area (TPSA) is 44.4 Å². The van der Waals surface area contributed by atoms with Crippen LogP contribution in [-0.2, 0) is 4.79 Å². The molecule has 1 heterocycles. The highest BCUT2D eigenvalue weighted by Crippen LogP contribution is 2.31. The van der Waals surface area contributed by atoms with Gasteiger partial charge in [-0.15, -0.1) is 0 Å². The molecule has 2 atom stereocenters. The summed E-state index contributed by atoms with van der Waals surface area (Å²) in [5, 5.41) is 6.51. The zero-order chi connectivity index (χ0) is 14.8. The summed E-state index contributed by atoms with van der Waals surface area (Å²) in [4.78, 5) is 14.9. The number of benzene rings is 1. The van der Waals surface area contributed by atoms with Crippen LogP contribution in [0.1, 0.15) is 37.7 Å². The van der Waals surface area contributed by atoms with Crippen LogP contribution in [0.5, 0.6) is 0 Å². The van der Waals surface area contributed by atoms with Gasteiger partial charge in [0.1, 0.15) is 0 Å². The van der Waals surface area contributed by atoms with Crippen molar-refractivity contribution in [2.24, 2.45) is 0 Å². The van der Waals surface area contributed by atoms with Gasteiger partial charge in [-0.1, -0.05) is 18.2 Å². The quantitative estimate of drug-likeness (QED) is 0.872. The molecule has 21 heavy (non-hydrogen) atoms. The summed E-state index contributed by atoms with van der Waals surface area (Å²) in [6.45, 7) is 3.79. The molecule has 1 saturated carbocycles. The number of carbonyl (C=O) groups excluding carboxylic acids is 1. The molecule has 4 nitrogen and oxygen atoms in total. The van der Waals surface area contributed by atoms with Crippen molar-refractivity contribution in [2.45, 2.75) is 44.2 Å². The van der Waals surface area contributed by atoms with E-state index in [4.69, 9.17) is 0 Å². The summed E-state index contributed by atoms with van der Waals surface area (Å²) >= 11 is 0. The highest BCUT2D eigenvalue weighted by Gasteiger charge is 2.30. The van der Waals surface area contributed by atoms with Crippen LogP contribution in [0.25, 0.3) is 0 Å². The molecule has 2 aliphatic rings. The lowest BCUT2D eigenvalue weighted by Crippen LogP contribution is -2.43. The van der Waals surface area contributed by atoms with Gasteiger partial charge in [0.25, 0.3) is 0 Å². The van der Waals surface area contributed by atoms with Gasteiger partial charge in [-0.3, -0.25) is 9.69 Å². The van der Waals surface area contributed by atoms with Gasteiger partial charge < -0.3 is 10.6 Å². The molecule has 0 bridgehead atoms. The number of rotatable bonds is 5. The van der Waals surface area contributed by atoms with E-state index < -0.39 is 0 Å². The molecule has 1 amide bonds. The Kier molecular flexibility index (Phi) is 4.15. The van der Waals surface area contributed by atoms with Crippen LogP contribution in [0, 0.1) is 0 Å². The minimum absolute atomic E-state index is 0.0131. The minimum Gasteiger partial charge on any atom is -0.385 e. The third-order valence-corrected chi connectivity index (χ3v) is 4.79. The molecule has 4 heteroatoms. The van der Waals surface area contributed by atoms with Gasteiger partial charge >= 0.3 is 0 Å². The summed E-state index contributed by atoms with van der Waals surface area (Å²) in [5.74, 6) is 0.154. The van der Waals surface area contributed by atoms with Crippen LogP contribution in [0.3, 0.4) is 0 Å². The minimum atomic E-state index is -0.0131. The Morgan fingerprint density at radius 3 is 2.90 bits per heavy atom. The van der Waals surface area contributed by atoms with Crippen molar-refractivity contribution in [2.75, 3.05) is 25.5 Å². The molecule has 114 valence electrons. The maximum atomic E-state index is 12.5. The zero-order valence-electron chi connectivity index (χ0n) is 12.9. The lowest BCUT2D eigenvalue weighted by atomic mass is 9.90. The van der Waals surface area contributed by atoms with E-state index in [0.717, 1.165) is 36.8 Å². The second-order valence-corrected chi connectivity index (χ2v) is 6.35. The van der Waals surface area contributed by atoms with Gasteiger partial charge in [0.05, 0.1) is 5.92 Å². The van der Waals surface area contributed by atoms with Gasteiger partial charge in [0, 0.05) is 30.9 Å². The van der Waals surface area contributed by atoms with Gasteiger partial charge in [-0.05, 0) is 44.9 Å². The van der Waals surface area contributed by atoms with E-state index in [0.29, 0.717) is 6.04 Å². The molecule has 2 unspecified atom stereocenters. The second-order valence-electron chi connectivity index (χ2n) is 6.35. The van der Waals surface area contributed by atoms with Crippen LogP contribution in [0.4, 0.5) is 5.69 Å². The molecule has 0 radical (unpaired) electrons. The molecule has 1 aliphatic carbocycles. The first-order valence-electron chi connectivity index (χ1n) is 7.99. The first kappa shape index (κ1) is 14.4. The standard InChI is InChI=1S/C17H25N3O/c1-12(20(2)13-7-8-13)11-19-17(21)15-9-10-18-16-6-4-3-5-14(15)16/h3-6,12-13,15,18H,7-11H2,1-2H3,(H,19,21). The fourth-order valence-electron chi connectivity index (χ4n) is 3.10. The molecular weight excluding hydrogens is 262 g/mol. The Hall–Kier alpha value is -1.55. The predicted molar refractivity (Wildman–Crippen MR) is 85.5 cm³/mol. The fourth-order valence-corrected chi connectivity index (χ4v) is 3.10. The first-order chi connectivity index (χ1) is 10.2. The van der Waals surface area contributed by atoms with E-state index in [2.05, 4.69) is 41.6 Å². The van der Waals surface area contributed by atoms with E-state index in [-0.39, 0.29) is 11.8 Å². The molecule has 3 rings (SSSR count). The SMILES string of the molecule is CC(CNC(=O)C1CCNc2ccccc21)N(C)C1CC1. The number of anilines is 1. The number of likely N-dealkylation sites (N-methyl/N-ethyl adjacent to an activating group) is 1. The van der Waals surface area contributed by atoms with Crippen molar-refractivity contribution < 1.29 is 4.79 Å². The molecule has 1 aromatic carbocycles. The number of hydrogen-bond acceptors (Lipinski definition) is 3. The molecule has 0 saturated heterocycles. The number of nitrogens with zero attached hydrogens (tertiary/aromatic N) is 1. The highest BCUT2D eigenvalue weighted by molar-refractivity contribution is 5.86. The van der Waals surface area contributed by atoms with Crippen molar-refractivity contribution >= 4 is 11.6 Å². The van der Waals surface area contributed by atoms with Gasteiger partial charge in [0.2, 0.25) is 5.91 Å². The van der Waals surface area contributed by atoms with Gasteiger partial charge in [-0.2, -0.15) is 0 Å². The number of nitrogens with one attached hydrogen (secondary N) is 2. The lowest BCUT2D eigenvalue weighted by molar-refractivity contribution is -0.122. The lowest BCUT2D eigenvalue weighted by Gasteiger charge is -2.28. The Morgan fingerprint density at radius 2 is 2.14 bits per heavy atom. The number of fused-ring (bicyclic) bond motifs is 1. The first-order valence-corrected chi connectivity index (χ1v) is 7.99. The van der Waals surface area contributed by atoms with E-state index >= 15 is 0 Å². The Labute approximate surface area is 126 Å². The maximum absolute atomic E-state index is 12.5. The molecule has 1 aliphatic heterocycles. The molecular formula is C17H25N3O. The summed E-state index contributed by atoms with van der Waals surface area (Å²) in [7, 11) is 2.16. The fraction of sp³-hybridized carbons (Fsp3) is 0.588. The van der Waals surface area contributed by atoms with Crippen molar-refractivity contribution in [3.05, 3.63) is 29.8 Å². The third kappa shape index (κ3) is 3.21. The molecule has 0 spiro atoms. The number of amides is 1. The molecule has 2 N–H and O–H groups in total. The normalized spacial score (nSPS) is 22.3. The Morgan fingerprint density at radius 1 is 1.38 bits per heavy atom. The average Bonchev–Trinajstić information content (AvgIpc) is 3.35. The maximum Gasteiger partial charge on any atom is 0.227 e. The monoisotopic (exact) mass is 287 g/mol. The number of carbonyl (C=O) groups is 1. The van der Waals surface area contributed by atoms with Crippen LogP contribution < -0.4 is 10.6 Å². The number of para-hydroxylation sites is 1. The van der Waals surface area contributed by atoms with Crippen LogP contribution in [0.2, 0.25) is 0 Å². The predicted octanol–water partition coefficient (Wildman–Crippen LogP) is 2.18. The summed E-state index contributed by atoms with van der Waals surface area (Å²) in [6.07, 6.45) is 3.47. The van der Waals surface area contributed by atoms with Crippen molar-refractivity contribution in [1.29, 1.82) is 0 Å². The van der Waals surface area contributed by atoms with E-state index in [9.17, 15) is 4.79 Å². The smallest absolute Gasteiger partial charge is 0.227 e. The Bertz CT molecular complexity index is 513. The van der Waals surface area contributed by atoms with E-state index in [1.54, 1.807) is 0 Å². The largest absolute Gasteiger partial charge is 0.385 e. The molecule has 1 fully saturated rings. The third-order valence-electron chi connectivity index (χ3n) is 4.79. The zero-order valence-corrected chi connectivity index (χ0v) is 12.9. The van der Waals surface area contributed by atoms with Crippen molar-refractivity contribution in [3.63, 3.8) is 0 Å². The van der Waals surface area contributed by atoms with Gasteiger partial charge in [0.15, 0.2) is 0 Å². The Balaban J connectivity index is 1.58. The summed E-state index contributed by atoms with van der Waals surface area (Å²) in [6, 6.07) is 9.27. The van der Waals surface area contributed by atoms with Crippen molar-refractivity contribution in [1.82, 2.24) is 10.2 Å². The molecule has 1 aromatic rings. The summed E-state index contributed by atoms with van der Waals surface area (Å²) < 4.78 is 0. The van der Waals surface area contributed by atoms with Crippen LogP contribution in [0.15, 0.2) is 24.3 Å². The second kappa shape index (κ2) is 6.06. The van der Waals surface area contributed by atoms with E-state index in [1.807, 2.05) is 12.1 Å². The van der Waals surface area contributed by atoms with Crippen molar-refractivity contribution in [3.8, 4) is 0 Å². The highest BCUT2D eigenvalue weighted by atomic mass is 16.1. The van der Waals surface area contributed by atoms with E-state index in [1.165, 1.54) is 12.8 Å². The summed E-state index contributed by atoms with van der Waals surface area (Å²) in [5.41, 5.74) is 2.23. The number of hydrogen-bond donors (Lipinski definition) is 2. The van der Waals surface area contributed by atoms with Crippen LogP contribution in [-0.4, -0.2) is 43.0 Å².